The Morgan fingerprint density at radius 3 is 2.59 bits per heavy atom. The summed E-state index contributed by atoms with van der Waals surface area (Å²) in [5.41, 5.74) is 1.12. The first-order valence-electron chi connectivity index (χ1n) is 11.3. The number of ether oxygens (including phenoxy) is 1. The molecular formula is C27H20ClF3N4O2S2. The van der Waals surface area contributed by atoms with Crippen LogP contribution in [0.15, 0.2) is 65.7 Å². The third kappa shape index (κ3) is 6.84. The molecule has 0 radical (unpaired) electrons. The first-order valence-corrected chi connectivity index (χ1v) is 13.5. The van der Waals surface area contributed by atoms with Crippen LogP contribution in [-0.2, 0) is 11.0 Å². The summed E-state index contributed by atoms with van der Waals surface area (Å²) in [4.78, 5) is 17.4. The zero-order valence-corrected chi connectivity index (χ0v) is 22.9. The van der Waals surface area contributed by atoms with Gasteiger partial charge in [-0.3, -0.25) is 4.79 Å². The van der Waals surface area contributed by atoms with Gasteiger partial charge in [-0.25, -0.2) is 4.98 Å². The van der Waals surface area contributed by atoms with Crippen LogP contribution in [0.5, 0.6) is 5.75 Å². The summed E-state index contributed by atoms with van der Waals surface area (Å²) in [5.74, 6) is -0.123. The molecule has 0 aliphatic rings. The van der Waals surface area contributed by atoms with E-state index in [1.807, 2.05) is 31.2 Å². The molecular weight excluding hydrogens is 569 g/mol. The smallest absolute Gasteiger partial charge is 0.416 e. The molecule has 0 aliphatic carbocycles. The van der Waals surface area contributed by atoms with Crippen LogP contribution in [0.3, 0.4) is 0 Å². The number of alkyl halides is 3. The summed E-state index contributed by atoms with van der Waals surface area (Å²) in [6, 6.07) is 17.5. The highest BCUT2D eigenvalue weighted by atomic mass is 35.5. The molecule has 0 unspecified atom stereocenters. The Bertz CT molecular complexity index is 1580. The molecule has 1 amide bonds. The van der Waals surface area contributed by atoms with E-state index in [0.29, 0.717) is 22.0 Å². The molecule has 0 atom stereocenters. The van der Waals surface area contributed by atoms with E-state index >= 15 is 0 Å². The van der Waals surface area contributed by atoms with Gasteiger partial charge in [0.05, 0.1) is 50.1 Å². The minimum Gasteiger partial charge on any atom is -0.495 e. The van der Waals surface area contributed by atoms with Gasteiger partial charge in [-0.1, -0.05) is 41.6 Å². The van der Waals surface area contributed by atoms with Crippen molar-refractivity contribution in [2.75, 3.05) is 23.5 Å². The van der Waals surface area contributed by atoms with E-state index in [0.717, 1.165) is 40.2 Å². The van der Waals surface area contributed by atoms with Gasteiger partial charge in [-0.05, 0) is 55.0 Å². The lowest BCUT2D eigenvalue weighted by Gasteiger charge is -2.16. The minimum atomic E-state index is -4.60. The van der Waals surface area contributed by atoms with Crippen LogP contribution in [0.1, 0.15) is 16.1 Å². The first-order chi connectivity index (χ1) is 18.6. The van der Waals surface area contributed by atoms with Crippen molar-refractivity contribution in [3.63, 3.8) is 0 Å². The van der Waals surface area contributed by atoms with Crippen molar-refractivity contribution in [2.45, 2.75) is 13.1 Å². The molecule has 39 heavy (non-hydrogen) atoms. The maximum Gasteiger partial charge on any atom is 0.416 e. The predicted molar refractivity (Wildman–Crippen MR) is 151 cm³/mol. The van der Waals surface area contributed by atoms with Gasteiger partial charge in [-0.2, -0.15) is 18.4 Å². The molecule has 4 aromatic rings. The molecule has 6 nitrogen and oxygen atoms in total. The van der Waals surface area contributed by atoms with Crippen molar-refractivity contribution in [1.82, 2.24) is 4.98 Å². The number of amides is 1. The number of carbonyl (C=O) groups is 1. The van der Waals surface area contributed by atoms with Crippen molar-refractivity contribution in [3.05, 3.63) is 86.8 Å². The fraction of sp³-hybridized carbons (Fsp3) is 0.148. The van der Waals surface area contributed by atoms with Crippen molar-refractivity contribution in [1.29, 1.82) is 5.26 Å². The third-order valence-corrected chi connectivity index (χ3v) is 7.75. The second-order valence-corrected chi connectivity index (χ2v) is 10.6. The number of aryl methyl sites for hydroxylation is 1. The summed E-state index contributed by atoms with van der Waals surface area (Å²) >= 11 is 8.41. The van der Waals surface area contributed by atoms with E-state index in [1.54, 1.807) is 18.2 Å². The number of benzene rings is 3. The van der Waals surface area contributed by atoms with Gasteiger partial charge < -0.3 is 15.4 Å². The number of hydrogen-bond acceptors (Lipinski definition) is 7. The number of nitrogens with zero attached hydrogens (tertiary/aromatic N) is 2. The zero-order chi connectivity index (χ0) is 28.2. The summed E-state index contributed by atoms with van der Waals surface area (Å²) < 4.78 is 46.3. The highest BCUT2D eigenvalue weighted by molar-refractivity contribution is 8.04. The standard InChI is InChI=1S/C27H20ClF3N4O2S2/c1-15-7-10-22(37-2)21(11-15)33-24(36)14-38-25(35-20-12-16(27(29,30)31)8-9-18(20)28)17(13-32)26-34-19-5-3-4-6-23(19)39-26/h3-12,35H,14H2,1-2H3,(H,33,36). The number of aromatic nitrogens is 1. The van der Waals surface area contributed by atoms with Gasteiger partial charge in [0.1, 0.15) is 22.4 Å². The molecule has 0 aliphatic heterocycles. The van der Waals surface area contributed by atoms with Crippen LogP contribution >= 0.6 is 34.7 Å². The minimum absolute atomic E-state index is 0.0108. The van der Waals surface area contributed by atoms with Crippen molar-refractivity contribution >= 4 is 67.8 Å². The van der Waals surface area contributed by atoms with Gasteiger partial charge in [0.25, 0.3) is 0 Å². The van der Waals surface area contributed by atoms with Crippen molar-refractivity contribution < 1.29 is 22.7 Å². The summed E-state index contributed by atoms with van der Waals surface area (Å²) in [6.45, 7) is 1.87. The lowest BCUT2D eigenvalue weighted by molar-refractivity contribution is -0.137. The zero-order valence-electron chi connectivity index (χ0n) is 20.5. The Kier molecular flexibility index (Phi) is 8.70. The van der Waals surface area contributed by atoms with Crippen LogP contribution in [0.4, 0.5) is 24.5 Å². The lowest BCUT2D eigenvalue weighted by atomic mass is 10.2. The number of rotatable bonds is 8. The number of thioether (sulfide) groups is 1. The number of para-hydroxylation sites is 1. The van der Waals surface area contributed by atoms with Crippen molar-refractivity contribution in [2.24, 2.45) is 0 Å². The van der Waals surface area contributed by atoms with Gasteiger partial charge in [0.2, 0.25) is 5.91 Å². The summed E-state index contributed by atoms with van der Waals surface area (Å²) in [5, 5.41) is 16.2. The second-order valence-electron chi connectivity index (χ2n) is 8.16. The molecule has 0 spiro atoms. The molecule has 0 saturated carbocycles. The molecule has 2 N–H and O–H groups in total. The van der Waals surface area contributed by atoms with Crippen LogP contribution in [0.25, 0.3) is 15.8 Å². The number of methoxy groups -OCH3 is 1. The van der Waals surface area contributed by atoms with Gasteiger partial charge in [0.15, 0.2) is 0 Å². The van der Waals surface area contributed by atoms with E-state index in [2.05, 4.69) is 21.7 Å². The molecule has 0 saturated heterocycles. The van der Waals surface area contributed by atoms with Crippen molar-refractivity contribution in [3.8, 4) is 11.8 Å². The highest BCUT2D eigenvalue weighted by Gasteiger charge is 2.31. The molecule has 4 rings (SSSR count). The average Bonchev–Trinajstić information content (AvgIpc) is 3.32. The van der Waals surface area contributed by atoms with E-state index in [9.17, 15) is 23.2 Å². The number of anilines is 2. The Labute approximate surface area is 235 Å². The van der Waals surface area contributed by atoms with Crippen LogP contribution in [0.2, 0.25) is 5.02 Å². The quantitative estimate of drug-likeness (QED) is 0.203. The maximum absolute atomic E-state index is 13.4. The topological polar surface area (TPSA) is 87.0 Å². The Morgan fingerprint density at radius 2 is 1.90 bits per heavy atom. The lowest BCUT2D eigenvalue weighted by Crippen LogP contribution is -2.16. The SMILES string of the molecule is COc1ccc(C)cc1NC(=O)CSC(Nc1cc(C(F)(F)F)ccc1Cl)=C(C#N)c1nc2ccccc2s1. The molecule has 200 valence electrons. The first kappa shape index (κ1) is 28.3. The van der Waals surface area contributed by atoms with E-state index in [4.69, 9.17) is 16.3 Å². The molecule has 0 bridgehead atoms. The number of hydrogen-bond donors (Lipinski definition) is 2. The number of carbonyl (C=O) groups excluding carboxylic acids is 1. The number of halogens is 4. The molecule has 1 aromatic heterocycles. The van der Waals surface area contributed by atoms with Gasteiger partial charge in [-0.15, -0.1) is 11.3 Å². The van der Waals surface area contributed by atoms with E-state index < -0.39 is 17.6 Å². The van der Waals surface area contributed by atoms with E-state index in [1.165, 1.54) is 18.4 Å². The molecule has 12 heteroatoms. The Hall–Kier alpha value is -3.72. The fourth-order valence-corrected chi connectivity index (χ4v) is 5.52. The Balaban J connectivity index is 1.70. The number of allylic oxidation sites excluding steroid dienone is 1. The number of fused-ring (bicyclic) bond motifs is 1. The number of thiazole rings is 1. The molecule has 3 aromatic carbocycles. The predicted octanol–water partition coefficient (Wildman–Crippen LogP) is 7.96. The average molecular weight is 589 g/mol. The van der Waals surface area contributed by atoms with Crippen LogP contribution in [0, 0.1) is 18.3 Å². The van der Waals surface area contributed by atoms with Gasteiger partial charge >= 0.3 is 6.18 Å². The second kappa shape index (κ2) is 12.0. The summed E-state index contributed by atoms with van der Waals surface area (Å²) in [7, 11) is 1.48. The van der Waals surface area contributed by atoms with Crippen LogP contribution < -0.4 is 15.4 Å². The highest BCUT2D eigenvalue weighted by Crippen LogP contribution is 2.38. The Morgan fingerprint density at radius 1 is 1.13 bits per heavy atom. The third-order valence-electron chi connectivity index (χ3n) is 5.37. The number of nitrogens with one attached hydrogen (secondary N) is 2. The maximum atomic E-state index is 13.4. The summed E-state index contributed by atoms with van der Waals surface area (Å²) in [6.07, 6.45) is -4.60. The van der Waals surface area contributed by atoms with E-state index in [-0.39, 0.29) is 27.1 Å². The largest absolute Gasteiger partial charge is 0.495 e. The fourth-order valence-electron chi connectivity index (χ4n) is 3.51. The normalized spacial score (nSPS) is 12.0. The monoisotopic (exact) mass is 588 g/mol. The van der Waals surface area contributed by atoms with Crippen LogP contribution in [-0.4, -0.2) is 23.8 Å². The molecule has 1 heterocycles. The molecule has 0 fully saturated rings. The number of nitriles is 1. The van der Waals surface area contributed by atoms with Gasteiger partial charge in [0, 0.05) is 0 Å².